The van der Waals surface area contributed by atoms with Crippen molar-refractivity contribution in [1.29, 1.82) is 0 Å². The highest BCUT2D eigenvalue weighted by molar-refractivity contribution is 5.92. The Morgan fingerprint density at radius 1 is 1.32 bits per heavy atom. The van der Waals surface area contributed by atoms with Gasteiger partial charge in [0.15, 0.2) is 0 Å². The van der Waals surface area contributed by atoms with Crippen LogP contribution in [0.4, 0.5) is 10.1 Å². The molecular formula is C15H15FN3O3-. The number of aliphatic carboxylic acids is 1. The maximum Gasteiger partial charge on any atom is 0.228 e. The van der Waals surface area contributed by atoms with E-state index >= 15 is 0 Å². The standard InChI is InChI=1S/C15H16FN3O3/c16-13-5-2-1-4-11(13)8-14(20)18-12-9-17-19(10-12)7-3-6-15(21)22/h1-2,4-5,9-10H,3,6-8H2,(H,18,20)(H,21,22)/p-1. The first-order chi connectivity index (χ1) is 10.5. The van der Waals surface area contributed by atoms with Crippen LogP contribution in [0.15, 0.2) is 36.7 Å². The molecule has 0 aliphatic heterocycles. The summed E-state index contributed by atoms with van der Waals surface area (Å²) in [6.45, 7) is 0.414. The van der Waals surface area contributed by atoms with Crippen LogP contribution in [0.5, 0.6) is 0 Å². The minimum Gasteiger partial charge on any atom is -0.550 e. The van der Waals surface area contributed by atoms with Gasteiger partial charge < -0.3 is 15.2 Å². The molecule has 1 aromatic heterocycles. The van der Waals surface area contributed by atoms with Crippen LogP contribution in [0.2, 0.25) is 0 Å². The van der Waals surface area contributed by atoms with Crippen molar-refractivity contribution in [3.05, 3.63) is 48.0 Å². The molecule has 116 valence electrons. The fourth-order valence-corrected chi connectivity index (χ4v) is 1.96. The molecule has 0 saturated heterocycles. The van der Waals surface area contributed by atoms with Gasteiger partial charge in [-0.15, -0.1) is 0 Å². The number of carbonyl (C=O) groups excluding carboxylic acids is 2. The summed E-state index contributed by atoms with van der Waals surface area (Å²) in [4.78, 5) is 22.2. The third kappa shape index (κ3) is 4.69. The maximum atomic E-state index is 13.4. The molecule has 6 nitrogen and oxygen atoms in total. The molecule has 2 aromatic rings. The van der Waals surface area contributed by atoms with Gasteiger partial charge in [0.1, 0.15) is 5.82 Å². The number of nitrogens with one attached hydrogen (secondary N) is 1. The predicted octanol–water partition coefficient (Wildman–Crippen LogP) is 0.733. The Kier molecular flexibility index (Phi) is 5.24. The van der Waals surface area contributed by atoms with E-state index in [1.165, 1.54) is 16.9 Å². The van der Waals surface area contributed by atoms with E-state index in [9.17, 15) is 19.1 Å². The van der Waals surface area contributed by atoms with Crippen molar-refractivity contribution in [2.75, 3.05) is 5.32 Å². The summed E-state index contributed by atoms with van der Waals surface area (Å²) in [5, 5.41) is 16.9. The van der Waals surface area contributed by atoms with E-state index in [-0.39, 0.29) is 18.7 Å². The maximum absolute atomic E-state index is 13.4. The Balaban J connectivity index is 1.86. The second kappa shape index (κ2) is 7.35. The summed E-state index contributed by atoms with van der Waals surface area (Å²) in [7, 11) is 0. The average molecular weight is 304 g/mol. The van der Waals surface area contributed by atoms with Crippen molar-refractivity contribution in [1.82, 2.24) is 9.78 Å². The molecule has 22 heavy (non-hydrogen) atoms. The zero-order chi connectivity index (χ0) is 15.9. The van der Waals surface area contributed by atoms with Crippen LogP contribution in [-0.2, 0) is 22.6 Å². The second-order valence-electron chi connectivity index (χ2n) is 4.78. The van der Waals surface area contributed by atoms with Crippen molar-refractivity contribution >= 4 is 17.6 Å². The van der Waals surface area contributed by atoms with Crippen molar-refractivity contribution in [3.63, 3.8) is 0 Å². The van der Waals surface area contributed by atoms with E-state index in [4.69, 9.17) is 0 Å². The quantitative estimate of drug-likeness (QED) is 0.817. The van der Waals surface area contributed by atoms with E-state index in [1.54, 1.807) is 24.4 Å². The van der Waals surface area contributed by atoms with Gasteiger partial charge in [-0.25, -0.2) is 4.39 Å². The molecule has 0 fully saturated rings. The van der Waals surface area contributed by atoms with Crippen LogP contribution in [0.3, 0.4) is 0 Å². The van der Waals surface area contributed by atoms with E-state index in [1.807, 2.05) is 0 Å². The number of hydrogen-bond donors (Lipinski definition) is 1. The van der Waals surface area contributed by atoms with Crippen molar-refractivity contribution < 1.29 is 19.1 Å². The number of amides is 1. The number of carbonyl (C=O) groups is 2. The normalized spacial score (nSPS) is 10.4. The van der Waals surface area contributed by atoms with Gasteiger partial charge in [-0.05, 0) is 24.5 Å². The number of anilines is 1. The number of rotatable bonds is 7. The monoisotopic (exact) mass is 304 g/mol. The number of aryl methyl sites for hydroxylation is 1. The highest BCUT2D eigenvalue weighted by Crippen LogP contribution is 2.10. The van der Waals surface area contributed by atoms with Crippen LogP contribution in [0.1, 0.15) is 18.4 Å². The molecule has 0 unspecified atom stereocenters. The largest absolute Gasteiger partial charge is 0.550 e. The smallest absolute Gasteiger partial charge is 0.228 e. The molecule has 0 aliphatic carbocycles. The first kappa shape index (κ1) is 15.7. The highest BCUT2D eigenvalue weighted by atomic mass is 19.1. The van der Waals surface area contributed by atoms with Crippen molar-refractivity contribution in [3.8, 4) is 0 Å². The first-order valence-electron chi connectivity index (χ1n) is 6.80. The van der Waals surface area contributed by atoms with Crippen molar-refractivity contribution in [2.24, 2.45) is 0 Å². The topological polar surface area (TPSA) is 87.0 Å². The van der Waals surface area contributed by atoms with Crippen LogP contribution >= 0.6 is 0 Å². The SMILES string of the molecule is O=C([O-])CCCn1cc(NC(=O)Cc2ccccc2F)cn1. The van der Waals surface area contributed by atoms with Crippen molar-refractivity contribution in [2.45, 2.75) is 25.8 Å². The van der Waals surface area contributed by atoms with E-state index in [0.717, 1.165) is 0 Å². The van der Waals surface area contributed by atoms with E-state index < -0.39 is 11.8 Å². The molecule has 7 heteroatoms. The van der Waals surface area contributed by atoms with Crippen LogP contribution < -0.4 is 10.4 Å². The summed E-state index contributed by atoms with van der Waals surface area (Å²) in [5.41, 5.74) is 0.802. The van der Waals surface area contributed by atoms with Gasteiger partial charge >= 0.3 is 0 Å². The molecule has 0 saturated carbocycles. The van der Waals surface area contributed by atoms with Gasteiger partial charge in [0.25, 0.3) is 0 Å². The highest BCUT2D eigenvalue weighted by Gasteiger charge is 2.09. The third-order valence-electron chi connectivity index (χ3n) is 2.99. The molecule has 0 aliphatic rings. The van der Waals surface area contributed by atoms with Gasteiger partial charge in [-0.1, -0.05) is 18.2 Å². The van der Waals surface area contributed by atoms with Crippen LogP contribution in [-0.4, -0.2) is 21.7 Å². The molecule has 2 rings (SSSR count). The van der Waals surface area contributed by atoms with Gasteiger partial charge in [0, 0.05) is 18.7 Å². The Bertz CT molecular complexity index is 670. The fourth-order valence-electron chi connectivity index (χ4n) is 1.96. The number of nitrogens with zero attached hydrogens (tertiary/aromatic N) is 2. The number of carboxylic acid groups (broad SMARTS) is 1. The zero-order valence-corrected chi connectivity index (χ0v) is 11.8. The van der Waals surface area contributed by atoms with E-state index in [0.29, 0.717) is 24.2 Å². The zero-order valence-electron chi connectivity index (χ0n) is 11.8. The van der Waals surface area contributed by atoms with Gasteiger partial charge in [0.05, 0.1) is 18.3 Å². The Hall–Kier alpha value is -2.70. The summed E-state index contributed by atoms with van der Waals surface area (Å²) < 4.78 is 15.0. The number of hydrogen-bond acceptors (Lipinski definition) is 4. The molecule has 1 amide bonds. The number of aromatic nitrogens is 2. The number of halogens is 1. The molecule has 1 heterocycles. The van der Waals surface area contributed by atoms with Gasteiger partial charge in [-0.2, -0.15) is 5.10 Å². The molecular weight excluding hydrogens is 289 g/mol. The number of carboxylic acids is 1. The van der Waals surface area contributed by atoms with Crippen LogP contribution in [0.25, 0.3) is 0 Å². The Labute approximate surface area is 126 Å². The molecule has 0 radical (unpaired) electrons. The first-order valence-corrected chi connectivity index (χ1v) is 6.80. The lowest BCUT2D eigenvalue weighted by Gasteiger charge is -2.04. The summed E-state index contributed by atoms with van der Waals surface area (Å²) in [6, 6.07) is 6.09. The summed E-state index contributed by atoms with van der Waals surface area (Å²) in [6.07, 6.45) is 3.33. The number of benzene rings is 1. The van der Waals surface area contributed by atoms with Gasteiger partial charge in [0.2, 0.25) is 5.91 Å². The second-order valence-corrected chi connectivity index (χ2v) is 4.78. The minimum atomic E-state index is -1.11. The third-order valence-corrected chi connectivity index (χ3v) is 2.99. The van der Waals surface area contributed by atoms with Gasteiger partial charge in [-0.3, -0.25) is 9.48 Å². The minimum absolute atomic E-state index is 0.0468. The lowest BCUT2D eigenvalue weighted by molar-refractivity contribution is -0.305. The van der Waals surface area contributed by atoms with Crippen LogP contribution in [0, 0.1) is 5.82 Å². The molecule has 1 N–H and O–H groups in total. The Morgan fingerprint density at radius 3 is 2.82 bits per heavy atom. The lowest BCUT2D eigenvalue weighted by Crippen LogP contribution is -2.22. The lowest BCUT2D eigenvalue weighted by atomic mass is 10.1. The molecule has 0 atom stereocenters. The summed E-state index contributed by atoms with van der Waals surface area (Å²) >= 11 is 0. The Morgan fingerprint density at radius 2 is 2.09 bits per heavy atom. The summed E-state index contributed by atoms with van der Waals surface area (Å²) in [5.74, 6) is -1.87. The predicted molar refractivity (Wildman–Crippen MR) is 75.2 cm³/mol. The molecule has 0 bridgehead atoms. The van der Waals surface area contributed by atoms with E-state index in [2.05, 4.69) is 10.4 Å². The fraction of sp³-hybridized carbons (Fsp3) is 0.267. The molecule has 0 spiro atoms. The average Bonchev–Trinajstić information content (AvgIpc) is 2.88. The molecule has 1 aromatic carbocycles.